The molecule has 2 atom stereocenters. The Bertz CT molecular complexity index is 484. The molecule has 1 fully saturated rings. The van der Waals surface area contributed by atoms with Crippen molar-refractivity contribution < 1.29 is 4.79 Å². The van der Waals surface area contributed by atoms with Crippen LogP contribution in [-0.4, -0.2) is 30.4 Å². The van der Waals surface area contributed by atoms with Gasteiger partial charge in [0.25, 0.3) is 0 Å². The van der Waals surface area contributed by atoms with E-state index in [0.717, 1.165) is 19.6 Å². The number of amides is 1. The van der Waals surface area contributed by atoms with Crippen LogP contribution in [0.25, 0.3) is 0 Å². The fraction of sp³-hybridized carbons (Fsp3) is 0.588. The van der Waals surface area contributed by atoms with Crippen LogP contribution in [0.2, 0.25) is 0 Å². The van der Waals surface area contributed by atoms with Crippen molar-refractivity contribution in [2.24, 2.45) is 5.92 Å². The summed E-state index contributed by atoms with van der Waals surface area (Å²) in [5, 5.41) is 3.54. The molecule has 1 aliphatic rings. The molecule has 0 radical (unpaired) electrons. The summed E-state index contributed by atoms with van der Waals surface area (Å²) in [4.78, 5) is 14.0. The lowest BCUT2D eigenvalue weighted by Crippen LogP contribution is -2.36. The Kier molecular flexibility index (Phi) is 4.81. The van der Waals surface area contributed by atoms with E-state index in [9.17, 15) is 4.79 Å². The Hall–Kier alpha value is -1.35. The Morgan fingerprint density at radius 2 is 2.15 bits per heavy atom. The molecule has 1 saturated heterocycles. The molecule has 1 heterocycles. The number of nitrogens with one attached hydrogen (secondary N) is 1. The first-order valence-corrected chi connectivity index (χ1v) is 7.59. The minimum absolute atomic E-state index is 0.231. The fourth-order valence-electron chi connectivity index (χ4n) is 3.02. The predicted octanol–water partition coefficient (Wildman–Crippen LogP) is 2.82. The van der Waals surface area contributed by atoms with E-state index in [0.29, 0.717) is 18.2 Å². The number of carbonyl (C=O) groups excluding carboxylic acids is 1. The SMILES string of the molecule is CCNC(CN1CC(C)CC1=O)c1cc(C)ccc1C. The lowest BCUT2D eigenvalue weighted by Gasteiger charge is -2.26. The van der Waals surface area contributed by atoms with Crippen molar-refractivity contribution in [3.05, 3.63) is 34.9 Å². The number of likely N-dealkylation sites (tertiary alicyclic amines) is 1. The van der Waals surface area contributed by atoms with Gasteiger partial charge in [-0.2, -0.15) is 0 Å². The van der Waals surface area contributed by atoms with Gasteiger partial charge in [0.15, 0.2) is 0 Å². The molecule has 110 valence electrons. The minimum Gasteiger partial charge on any atom is -0.340 e. The number of likely N-dealkylation sites (N-methyl/N-ethyl adjacent to an activating group) is 1. The molecule has 0 aliphatic carbocycles. The standard InChI is InChI=1S/C17H26N2O/c1-5-18-16(11-19-10-13(3)9-17(19)20)15-8-12(2)6-7-14(15)4/h6-8,13,16,18H,5,9-11H2,1-4H3. The molecular formula is C17H26N2O. The van der Waals surface area contributed by atoms with Crippen LogP contribution in [0.5, 0.6) is 0 Å². The third kappa shape index (κ3) is 3.40. The highest BCUT2D eigenvalue weighted by Crippen LogP contribution is 2.24. The molecule has 0 bridgehead atoms. The molecule has 3 heteroatoms. The van der Waals surface area contributed by atoms with Crippen molar-refractivity contribution in [3.63, 3.8) is 0 Å². The smallest absolute Gasteiger partial charge is 0.222 e. The van der Waals surface area contributed by atoms with Crippen molar-refractivity contribution >= 4 is 5.91 Å². The number of nitrogens with zero attached hydrogens (tertiary/aromatic N) is 1. The summed E-state index contributed by atoms with van der Waals surface area (Å²) >= 11 is 0. The highest BCUT2D eigenvalue weighted by atomic mass is 16.2. The second-order valence-electron chi connectivity index (χ2n) is 6.08. The van der Waals surface area contributed by atoms with Gasteiger partial charge in [0.1, 0.15) is 0 Å². The third-order valence-electron chi connectivity index (χ3n) is 4.07. The highest BCUT2D eigenvalue weighted by Gasteiger charge is 2.28. The molecule has 0 aromatic heterocycles. The molecule has 1 aliphatic heterocycles. The molecule has 1 aromatic carbocycles. The van der Waals surface area contributed by atoms with Crippen LogP contribution in [0.3, 0.4) is 0 Å². The molecule has 20 heavy (non-hydrogen) atoms. The summed E-state index contributed by atoms with van der Waals surface area (Å²) < 4.78 is 0. The van der Waals surface area contributed by atoms with Crippen molar-refractivity contribution in [1.82, 2.24) is 10.2 Å². The Labute approximate surface area is 122 Å². The predicted molar refractivity (Wildman–Crippen MR) is 82.7 cm³/mol. The molecular weight excluding hydrogens is 248 g/mol. The lowest BCUT2D eigenvalue weighted by molar-refractivity contribution is -0.128. The highest BCUT2D eigenvalue weighted by molar-refractivity contribution is 5.78. The van der Waals surface area contributed by atoms with Crippen LogP contribution < -0.4 is 5.32 Å². The summed E-state index contributed by atoms with van der Waals surface area (Å²) in [7, 11) is 0. The van der Waals surface area contributed by atoms with Crippen LogP contribution in [0.1, 0.15) is 43.0 Å². The van der Waals surface area contributed by atoms with E-state index < -0.39 is 0 Å². The Morgan fingerprint density at radius 3 is 2.75 bits per heavy atom. The van der Waals surface area contributed by atoms with E-state index in [4.69, 9.17) is 0 Å². The first-order valence-electron chi connectivity index (χ1n) is 7.59. The summed E-state index contributed by atoms with van der Waals surface area (Å²) in [5.74, 6) is 0.786. The Morgan fingerprint density at radius 1 is 1.40 bits per heavy atom. The summed E-state index contributed by atoms with van der Waals surface area (Å²) in [5.41, 5.74) is 3.88. The van der Waals surface area contributed by atoms with Crippen LogP contribution in [0, 0.1) is 19.8 Å². The van der Waals surface area contributed by atoms with Crippen molar-refractivity contribution in [2.75, 3.05) is 19.6 Å². The average molecular weight is 274 g/mol. The number of hydrogen-bond donors (Lipinski definition) is 1. The van der Waals surface area contributed by atoms with Crippen LogP contribution in [-0.2, 0) is 4.79 Å². The van der Waals surface area contributed by atoms with E-state index in [2.05, 4.69) is 51.2 Å². The fourth-order valence-corrected chi connectivity index (χ4v) is 3.02. The molecule has 2 rings (SSSR count). The molecule has 3 nitrogen and oxygen atoms in total. The van der Waals surface area contributed by atoms with Gasteiger partial charge in [-0.1, -0.05) is 37.6 Å². The van der Waals surface area contributed by atoms with Crippen molar-refractivity contribution in [3.8, 4) is 0 Å². The average Bonchev–Trinajstić information content (AvgIpc) is 2.70. The minimum atomic E-state index is 0.231. The van der Waals surface area contributed by atoms with Gasteiger partial charge in [0.05, 0.1) is 6.04 Å². The van der Waals surface area contributed by atoms with Gasteiger partial charge in [-0.05, 0) is 37.4 Å². The molecule has 1 amide bonds. The van der Waals surface area contributed by atoms with Gasteiger partial charge in [0, 0.05) is 19.5 Å². The summed E-state index contributed by atoms with van der Waals surface area (Å²) in [6, 6.07) is 6.79. The number of rotatable bonds is 5. The quantitative estimate of drug-likeness (QED) is 0.895. The zero-order valence-corrected chi connectivity index (χ0v) is 13.1. The summed E-state index contributed by atoms with van der Waals surface area (Å²) in [6.45, 7) is 11.1. The Balaban J connectivity index is 2.18. The van der Waals surface area contributed by atoms with Gasteiger partial charge >= 0.3 is 0 Å². The van der Waals surface area contributed by atoms with Crippen LogP contribution in [0.15, 0.2) is 18.2 Å². The molecule has 0 saturated carbocycles. The monoisotopic (exact) mass is 274 g/mol. The molecule has 1 N–H and O–H groups in total. The van der Waals surface area contributed by atoms with E-state index in [1.54, 1.807) is 0 Å². The van der Waals surface area contributed by atoms with E-state index in [1.165, 1.54) is 16.7 Å². The maximum absolute atomic E-state index is 12.0. The second kappa shape index (κ2) is 6.40. The summed E-state index contributed by atoms with van der Waals surface area (Å²) in [6.07, 6.45) is 0.700. The largest absolute Gasteiger partial charge is 0.340 e. The van der Waals surface area contributed by atoms with E-state index >= 15 is 0 Å². The van der Waals surface area contributed by atoms with Gasteiger partial charge in [-0.25, -0.2) is 0 Å². The van der Waals surface area contributed by atoms with Crippen molar-refractivity contribution in [2.45, 2.75) is 40.2 Å². The maximum atomic E-state index is 12.0. The van der Waals surface area contributed by atoms with Gasteiger partial charge < -0.3 is 10.2 Å². The molecule has 2 unspecified atom stereocenters. The zero-order chi connectivity index (χ0) is 14.7. The van der Waals surface area contributed by atoms with Crippen molar-refractivity contribution in [1.29, 1.82) is 0 Å². The van der Waals surface area contributed by atoms with Gasteiger partial charge in [-0.3, -0.25) is 4.79 Å². The first-order chi connectivity index (χ1) is 9.51. The van der Waals surface area contributed by atoms with E-state index in [1.807, 2.05) is 4.90 Å². The second-order valence-corrected chi connectivity index (χ2v) is 6.08. The van der Waals surface area contributed by atoms with Gasteiger partial charge in [-0.15, -0.1) is 0 Å². The van der Waals surface area contributed by atoms with Crippen LogP contribution in [0.4, 0.5) is 0 Å². The zero-order valence-electron chi connectivity index (χ0n) is 13.1. The lowest BCUT2D eigenvalue weighted by atomic mass is 9.98. The number of carbonyl (C=O) groups is 1. The topological polar surface area (TPSA) is 32.3 Å². The third-order valence-corrected chi connectivity index (χ3v) is 4.07. The molecule has 0 spiro atoms. The first kappa shape index (κ1) is 15.0. The normalized spacial score (nSPS) is 20.5. The maximum Gasteiger partial charge on any atom is 0.222 e. The van der Waals surface area contributed by atoms with Crippen LogP contribution >= 0.6 is 0 Å². The van der Waals surface area contributed by atoms with E-state index in [-0.39, 0.29) is 6.04 Å². The number of hydrogen-bond acceptors (Lipinski definition) is 2. The van der Waals surface area contributed by atoms with Gasteiger partial charge in [0.2, 0.25) is 5.91 Å². The number of benzene rings is 1. The molecule has 1 aromatic rings. The number of aryl methyl sites for hydroxylation is 2.